The Kier molecular flexibility index (Phi) is 3.74. The number of rotatable bonds is 4. The monoisotopic (exact) mass is 278 g/mol. The molecule has 5 nitrogen and oxygen atoms in total. The maximum atomic E-state index is 11.3. The van der Waals surface area contributed by atoms with Crippen LogP contribution in [0, 0.1) is 0 Å². The number of methoxy groups -OCH3 is 2. The van der Waals surface area contributed by atoms with Gasteiger partial charge in [-0.25, -0.2) is 0 Å². The summed E-state index contributed by atoms with van der Waals surface area (Å²) in [5.41, 5.74) is 1.02. The van der Waals surface area contributed by atoms with Crippen molar-refractivity contribution in [2.45, 2.75) is 36.9 Å². The maximum absolute atomic E-state index is 11.3. The molecule has 20 heavy (non-hydrogen) atoms. The molecule has 0 saturated carbocycles. The molecule has 0 aliphatic carbocycles. The topological polar surface area (TPSA) is 54.0 Å². The average Bonchev–Trinajstić information content (AvgIpc) is 2.96. The first-order valence-corrected chi connectivity index (χ1v) is 6.70. The van der Waals surface area contributed by atoms with Crippen molar-refractivity contribution in [3.8, 4) is 0 Å². The van der Waals surface area contributed by atoms with Crippen LogP contribution in [0.25, 0.3) is 0 Å². The molecule has 0 amide bonds. The lowest BCUT2D eigenvalue weighted by Crippen LogP contribution is -2.38. The Balaban J connectivity index is 1.84. The second-order valence-electron chi connectivity index (χ2n) is 5.07. The average molecular weight is 278 g/mol. The number of esters is 1. The van der Waals surface area contributed by atoms with E-state index in [0.29, 0.717) is 0 Å². The number of carbonyl (C=O) groups excluding carboxylic acids is 1. The minimum Gasteiger partial charge on any atom is -0.457 e. The number of fused-ring (bicyclic) bond motifs is 1. The molecule has 0 radical (unpaired) electrons. The lowest BCUT2D eigenvalue weighted by Gasteiger charge is -2.27. The smallest absolute Gasteiger partial charge is 0.309 e. The summed E-state index contributed by atoms with van der Waals surface area (Å²) < 4.78 is 22.4. The first kappa shape index (κ1) is 13.5. The zero-order valence-corrected chi connectivity index (χ0v) is 11.5. The molecule has 2 saturated heterocycles. The number of hydrogen-bond donors (Lipinski definition) is 0. The Hall–Kier alpha value is -1.43. The van der Waals surface area contributed by atoms with E-state index in [0.717, 1.165) is 5.56 Å². The minimum atomic E-state index is -0.334. The van der Waals surface area contributed by atoms with Crippen LogP contribution in [0.1, 0.15) is 18.1 Å². The summed E-state index contributed by atoms with van der Waals surface area (Å²) in [5, 5.41) is 0. The second kappa shape index (κ2) is 5.52. The molecule has 0 aromatic heterocycles. The van der Waals surface area contributed by atoms with Crippen molar-refractivity contribution in [3.05, 3.63) is 35.9 Å². The molecule has 0 spiro atoms. The fourth-order valence-corrected chi connectivity index (χ4v) is 3.04. The van der Waals surface area contributed by atoms with E-state index >= 15 is 0 Å². The predicted molar refractivity (Wildman–Crippen MR) is 70.1 cm³/mol. The van der Waals surface area contributed by atoms with Crippen LogP contribution in [0.2, 0.25) is 0 Å². The van der Waals surface area contributed by atoms with Crippen LogP contribution < -0.4 is 0 Å². The van der Waals surface area contributed by atoms with Crippen LogP contribution in [0.15, 0.2) is 30.3 Å². The molecule has 1 aromatic carbocycles. The first-order valence-electron chi connectivity index (χ1n) is 6.70. The third-order valence-corrected chi connectivity index (χ3v) is 3.93. The SMILES string of the molecule is CO[C@@H]1[C@H]2OC(=O)C[C@H]2O[C@@H]1[C@@H](OC)c1ccccc1. The van der Waals surface area contributed by atoms with Crippen LogP contribution in [0.5, 0.6) is 0 Å². The molecule has 108 valence electrons. The molecule has 2 aliphatic rings. The van der Waals surface area contributed by atoms with Crippen molar-refractivity contribution in [1.82, 2.24) is 0 Å². The maximum Gasteiger partial charge on any atom is 0.309 e. The highest BCUT2D eigenvalue weighted by molar-refractivity contribution is 5.73. The highest BCUT2D eigenvalue weighted by atomic mass is 16.6. The van der Waals surface area contributed by atoms with E-state index in [4.69, 9.17) is 18.9 Å². The van der Waals surface area contributed by atoms with Gasteiger partial charge in [-0.3, -0.25) is 4.79 Å². The van der Waals surface area contributed by atoms with E-state index in [-0.39, 0.29) is 42.9 Å². The lowest BCUT2D eigenvalue weighted by atomic mass is 9.98. The van der Waals surface area contributed by atoms with Gasteiger partial charge in [0.05, 0.1) is 6.42 Å². The van der Waals surface area contributed by atoms with Gasteiger partial charge in [0, 0.05) is 14.2 Å². The van der Waals surface area contributed by atoms with Crippen molar-refractivity contribution >= 4 is 5.97 Å². The molecule has 5 heteroatoms. The highest BCUT2D eigenvalue weighted by Gasteiger charge is 2.54. The normalized spacial score (nSPS) is 33.8. The number of benzene rings is 1. The van der Waals surface area contributed by atoms with E-state index in [1.165, 1.54) is 0 Å². The molecule has 2 fully saturated rings. The lowest BCUT2D eigenvalue weighted by molar-refractivity contribution is -0.149. The predicted octanol–water partition coefficient (Wildman–Crippen LogP) is 1.47. The summed E-state index contributed by atoms with van der Waals surface area (Å²) in [6, 6.07) is 9.85. The first-order chi connectivity index (χ1) is 9.74. The zero-order chi connectivity index (χ0) is 14.1. The van der Waals surface area contributed by atoms with Crippen molar-refractivity contribution in [3.63, 3.8) is 0 Å². The van der Waals surface area contributed by atoms with Crippen LogP contribution >= 0.6 is 0 Å². The van der Waals surface area contributed by atoms with Gasteiger partial charge in [-0.2, -0.15) is 0 Å². The van der Waals surface area contributed by atoms with Crippen molar-refractivity contribution in [1.29, 1.82) is 0 Å². The van der Waals surface area contributed by atoms with Gasteiger partial charge in [0.15, 0.2) is 6.10 Å². The van der Waals surface area contributed by atoms with Gasteiger partial charge < -0.3 is 18.9 Å². The van der Waals surface area contributed by atoms with E-state index in [2.05, 4.69) is 0 Å². The number of carbonyl (C=O) groups is 1. The molecule has 2 aliphatic heterocycles. The van der Waals surface area contributed by atoms with E-state index in [9.17, 15) is 4.79 Å². The largest absolute Gasteiger partial charge is 0.457 e. The van der Waals surface area contributed by atoms with Gasteiger partial charge >= 0.3 is 5.97 Å². The third kappa shape index (κ3) is 2.22. The molecule has 0 N–H and O–H groups in total. The van der Waals surface area contributed by atoms with E-state index in [1.54, 1.807) is 14.2 Å². The van der Waals surface area contributed by atoms with Crippen molar-refractivity contribution in [2.75, 3.05) is 14.2 Å². The van der Waals surface area contributed by atoms with Crippen LogP contribution in [0.3, 0.4) is 0 Å². The Morgan fingerprint density at radius 1 is 1.25 bits per heavy atom. The minimum absolute atomic E-state index is 0.228. The summed E-state index contributed by atoms with van der Waals surface area (Å²) >= 11 is 0. The van der Waals surface area contributed by atoms with Crippen molar-refractivity contribution < 1.29 is 23.7 Å². The summed E-state index contributed by atoms with van der Waals surface area (Å²) in [5.74, 6) is -0.228. The van der Waals surface area contributed by atoms with Crippen molar-refractivity contribution in [2.24, 2.45) is 0 Å². The highest BCUT2D eigenvalue weighted by Crippen LogP contribution is 2.39. The van der Waals surface area contributed by atoms with E-state index in [1.807, 2.05) is 30.3 Å². The van der Waals surface area contributed by atoms with Crippen LogP contribution in [0.4, 0.5) is 0 Å². The van der Waals surface area contributed by atoms with Gasteiger partial charge in [-0.1, -0.05) is 30.3 Å². The Bertz CT molecular complexity index is 474. The molecule has 0 bridgehead atoms. The van der Waals surface area contributed by atoms with Gasteiger partial charge in [0.1, 0.15) is 24.4 Å². The molecule has 2 heterocycles. The molecular weight excluding hydrogens is 260 g/mol. The summed E-state index contributed by atoms with van der Waals surface area (Å²) in [4.78, 5) is 11.3. The molecular formula is C15H18O5. The Morgan fingerprint density at radius 3 is 2.65 bits per heavy atom. The Morgan fingerprint density at radius 2 is 2.00 bits per heavy atom. The Labute approximate surface area is 117 Å². The number of ether oxygens (including phenoxy) is 4. The van der Waals surface area contributed by atoms with Crippen LogP contribution in [-0.4, -0.2) is 44.6 Å². The van der Waals surface area contributed by atoms with Gasteiger partial charge in [0.25, 0.3) is 0 Å². The number of hydrogen-bond acceptors (Lipinski definition) is 5. The molecule has 1 aromatic rings. The second-order valence-corrected chi connectivity index (χ2v) is 5.07. The summed E-state index contributed by atoms with van der Waals surface area (Å²) in [6.45, 7) is 0. The fourth-order valence-electron chi connectivity index (χ4n) is 3.04. The van der Waals surface area contributed by atoms with Gasteiger partial charge in [0.2, 0.25) is 0 Å². The molecule has 0 unspecified atom stereocenters. The zero-order valence-electron chi connectivity index (χ0n) is 11.5. The van der Waals surface area contributed by atoms with E-state index < -0.39 is 0 Å². The van der Waals surface area contributed by atoms with Gasteiger partial charge in [-0.05, 0) is 5.56 Å². The van der Waals surface area contributed by atoms with Crippen LogP contribution in [-0.2, 0) is 23.7 Å². The molecule has 5 atom stereocenters. The summed E-state index contributed by atoms with van der Waals surface area (Å²) in [6.07, 6.45) is -1.12. The standard InChI is InChI=1S/C15H18O5/c1-17-12(9-6-4-3-5-7-9)15-14(18-2)13-10(19-15)8-11(16)20-13/h3-7,10,12-15H,8H2,1-2H3/t10-,12+,13+,14-,15-/m1/s1. The fraction of sp³-hybridized carbons (Fsp3) is 0.533. The quantitative estimate of drug-likeness (QED) is 0.781. The molecule has 3 rings (SSSR count). The van der Waals surface area contributed by atoms with Gasteiger partial charge in [-0.15, -0.1) is 0 Å². The summed E-state index contributed by atoms with van der Waals surface area (Å²) in [7, 11) is 3.25. The third-order valence-electron chi connectivity index (χ3n) is 3.93.